The Morgan fingerprint density at radius 1 is 1.43 bits per heavy atom. The van der Waals surface area contributed by atoms with Crippen LogP contribution in [0.3, 0.4) is 0 Å². The van der Waals surface area contributed by atoms with E-state index in [2.05, 4.69) is 0 Å². The number of hydrogen-bond donors (Lipinski definition) is 0. The molecule has 3 heteroatoms. The summed E-state index contributed by atoms with van der Waals surface area (Å²) in [6.45, 7) is 3.56. The van der Waals surface area contributed by atoms with Crippen molar-refractivity contribution in [2.45, 2.75) is 30.4 Å². The standard InChI is InChI=1S/C11H13FOS/c1-3-11(8(2)13)14-10-6-4-9(12)5-7-10/h4-7,11H,3H2,1-2H3. The molecule has 0 bridgehead atoms. The Kier molecular flexibility index (Phi) is 4.14. The summed E-state index contributed by atoms with van der Waals surface area (Å²) in [5, 5.41) is -0.0135. The Bertz CT molecular complexity index is 308. The van der Waals surface area contributed by atoms with Crippen LogP contribution in [-0.4, -0.2) is 11.0 Å². The van der Waals surface area contributed by atoms with Crippen molar-refractivity contribution in [2.75, 3.05) is 0 Å². The molecule has 1 aromatic rings. The summed E-state index contributed by atoms with van der Waals surface area (Å²) in [5.74, 6) is -0.0768. The summed E-state index contributed by atoms with van der Waals surface area (Å²) >= 11 is 1.49. The van der Waals surface area contributed by atoms with E-state index in [1.165, 1.54) is 23.9 Å². The van der Waals surface area contributed by atoms with Gasteiger partial charge in [-0.25, -0.2) is 4.39 Å². The van der Waals surface area contributed by atoms with Crippen LogP contribution in [0.15, 0.2) is 29.2 Å². The Morgan fingerprint density at radius 3 is 2.43 bits per heavy atom. The highest BCUT2D eigenvalue weighted by atomic mass is 32.2. The molecule has 0 heterocycles. The van der Waals surface area contributed by atoms with Crippen molar-refractivity contribution in [3.63, 3.8) is 0 Å². The minimum Gasteiger partial charge on any atom is -0.299 e. The molecule has 1 rings (SSSR count). The van der Waals surface area contributed by atoms with Crippen LogP contribution in [0.5, 0.6) is 0 Å². The van der Waals surface area contributed by atoms with Gasteiger partial charge < -0.3 is 0 Å². The molecule has 0 amide bonds. The molecule has 14 heavy (non-hydrogen) atoms. The normalized spacial score (nSPS) is 12.5. The maximum Gasteiger partial charge on any atom is 0.143 e. The molecule has 0 aliphatic rings. The third-order valence-electron chi connectivity index (χ3n) is 1.92. The third-order valence-corrected chi connectivity index (χ3v) is 3.41. The quantitative estimate of drug-likeness (QED) is 0.712. The van der Waals surface area contributed by atoms with Crippen molar-refractivity contribution in [1.82, 2.24) is 0 Å². The Labute approximate surface area is 87.7 Å². The highest BCUT2D eigenvalue weighted by Gasteiger charge is 2.12. The minimum absolute atomic E-state index is 0.0135. The molecule has 0 spiro atoms. The van der Waals surface area contributed by atoms with Gasteiger partial charge in [0.05, 0.1) is 5.25 Å². The van der Waals surface area contributed by atoms with Crippen LogP contribution in [0, 0.1) is 5.82 Å². The van der Waals surface area contributed by atoms with Gasteiger partial charge in [-0.05, 0) is 37.6 Å². The molecular formula is C11H13FOS. The summed E-state index contributed by atoms with van der Waals surface area (Å²) in [5.41, 5.74) is 0. The molecule has 1 nitrogen and oxygen atoms in total. The number of benzene rings is 1. The van der Waals surface area contributed by atoms with Crippen molar-refractivity contribution >= 4 is 17.5 Å². The summed E-state index contributed by atoms with van der Waals surface area (Å²) in [6.07, 6.45) is 0.803. The molecule has 0 radical (unpaired) electrons. The molecular weight excluding hydrogens is 199 g/mol. The molecule has 0 saturated carbocycles. The van der Waals surface area contributed by atoms with Crippen molar-refractivity contribution in [1.29, 1.82) is 0 Å². The van der Waals surface area contributed by atoms with E-state index in [4.69, 9.17) is 0 Å². The second-order valence-corrected chi connectivity index (χ2v) is 4.36. The molecule has 1 aromatic carbocycles. The van der Waals surface area contributed by atoms with Gasteiger partial charge in [0.2, 0.25) is 0 Å². The Morgan fingerprint density at radius 2 is 2.00 bits per heavy atom. The summed E-state index contributed by atoms with van der Waals surface area (Å²) < 4.78 is 12.6. The van der Waals surface area contributed by atoms with E-state index in [9.17, 15) is 9.18 Å². The number of halogens is 1. The Balaban J connectivity index is 2.67. The van der Waals surface area contributed by atoms with Crippen LogP contribution in [-0.2, 0) is 4.79 Å². The zero-order valence-corrected chi connectivity index (χ0v) is 9.10. The SMILES string of the molecule is CCC(Sc1ccc(F)cc1)C(C)=O. The first-order valence-electron chi connectivity index (χ1n) is 4.56. The predicted molar refractivity (Wildman–Crippen MR) is 57.0 cm³/mol. The first-order chi connectivity index (χ1) is 6.63. The van der Waals surface area contributed by atoms with Gasteiger partial charge in [0, 0.05) is 4.90 Å². The van der Waals surface area contributed by atoms with Crippen LogP contribution in [0.25, 0.3) is 0 Å². The zero-order chi connectivity index (χ0) is 10.6. The fraction of sp³-hybridized carbons (Fsp3) is 0.364. The zero-order valence-electron chi connectivity index (χ0n) is 8.29. The van der Waals surface area contributed by atoms with Gasteiger partial charge in [-0.2, -0.15) is 0 Å². The lowest BCUT2D eigenvalue weighted by atomic mass is 10.2. The van der Waals surface area contributed by atoms with E-state index >= 15 is 0 Å². The van der Waals surface area contributed by atoms with E-state index in [1.807, 2.05) is 6.92 Å². The summed E-state index contributed by atoms with van der Waals surface area (Å²) in [7, 11) is 0. The van der Waals surface area contributed by atoms with Gasteiger partial charge in [0.25, 0.3) is 0 Å². The number of hydrogen-bond acceptors (Lipinski definition) is 2. The largest absolute Gasteiger partial charge is 0.299 e. The highest BCUT2D eigenvalue weighted by Crippen LogP contribution is 2.25. The minimum atomic E-state index is -0.245. The molecule has 0 aromatic heterocycles. The third kappa shape index (κ3) is 3.14. The number of Topliss-reactive ketones (excluding diaryl/α,β-unsaturated/α-hetero) is 1. The average molecular weight is 212 g/mol. The van der Waals surface area contributed by atoms with Crippen molar-refractivity contribution in [3.8, 4) is 0 Å². The van der Waals surface area contributed by atoms with E-state index in [-0.39, 0.29) is 16.9 Å². The molecule has 0 saturated heterocycles. The second-order valence-electron chi connectivity index (χ2n) is 3.08. The molecule has 76 valence electrons. The Hall–Kier alpha value is -0.830. The van der Waals surface area contributed by atoms with Crippen LogP contribution < -0.4 is 0 Å². The lowest BCUT2D eigenvalue weighted by Gasteiger charge is -2.10. The predicted octanol–water partition coefficient (Wildman–Crippen LogP) is 3.29. The molecule has 1 atom stereocenters. The van der Waals surface area contributed by atoms with Crippen LogP contribution in [0.1, 0.15) is 20.3 Å². The van der Waals surface area contributed by atoms with E-state index in [0.29, 0.717) is 0 Å². The maximum atomic E-state index is 12.6. The van der Waals surface area contributed by atoms with Crippen molar-refractivity contribution in [3.05, 3.63) is 30.1 Å². The second kappa shape index (κ2) is 5.15. The topological polar surface area (TPSA) is 17.1 Å². The monoisotopic (exact) mass is 212 g/mol. The van der Waals surface area contributed by atoms with Gasteiger partial charge in [0.15, 0.2) is 0 Å². The first-order valence-corrected chi connectivity index (χ1v) is 5.44. The smallest absolute Gasteiger partial charge is 0.143 e. The van der Waals surface area contributed by atoms with Crippen molar-refractivity contribution < 1.29 is 9.18 Å². The summed E-state index contributed by atoms with van der Waals surface area (Å²) in [4.78, 5) is 12.1. The van der Waals surface area contributed by atoms with Crippen LogP contribution >= 0.6 is 11.8 Å². The van der Waals surface area contributed by atoms with Gasteiger partial charge in [-0.3, -0.25) is 4.79 Å². The number of carbonyl (C=O) groups is 1. The van der Waals surface area contributed by atoms with Gasteiger partial charge in [-0.15, -0.1) is 11.8 Å². The molecule has 1 unspecified atom stereocenters. The molecule has 0 N–H and O–H groups in total. The van der Waals surface area contributed by atoms with Crippen LogP contribution in [0.2, 0.25) is 0 Å². The molecule has 0 fully saturated rings. The lowest BCUT2D eigenvalue weighted by Crippen LogP contribution is -2.11. The fourth-order valence-corrected chi connectivity index (χ4v) is 2.09. The molecule has 0 aliphatic carbocycles. The lowest BCUT2D eigenvalue weighted by molar-refractivity contribution is -0.116. The number of thioether (sulfide) groups is 1. The average Bonchev–Trinajstić information content (AvgIpc) is 2.16. The number of rotatable bonds is 4. The number of carbonyl (C=O) groups excluding carboxylic acids is 1. The van der Waals surface area contributed by atoms with Gasteiger partial charge >= 0.3 is 0 Å². The van der Waals surface area contributed by atoms with E-state index in [1.54, 1.807) is 19.1 Å². The fourth-order valence-electron chi connectivity index (χ4n) is 1.13. The maximum absolute atomic E-state index is 12.6. The van der Waals surface area contributed by atoms with Crippen LogP contribution in [0.4, 0.5) is 4.39 Å². The van der Waals surface area contributed by atoms with E-state index in [0.717, 1.165) is 11.3 Å². The number of ketones is 1. The first kappa shape index (κ1) is 11.2. The van der Waals surface area contributed by atoms with Gasteiger partial charge in [0.1, 0.15) is 11.6 Å². The molecule has 0 aliphatic heterocycles. The van der Waals surface area contributed by atoms with Crippen molar-refractivity contribution in [2.24, 2.45) is 0 Å². The van der Waals surface area contributed by atoms with E-state index < -0.39 is 0 Å². The summed E-state index contributed by atoms with van der Waals surface area (Å²) in [6, 6.07) is 6.22. The highest BCUT2D eigenvalue weighted by molar-refractivity contribution is 8.00. The van der Waals surface area contributed by atoms with Gasteiger partial charge in [-0.1, -0.05) is 6.92 Å².